The van der Waals surface area contributed by atoms with Crippen LogP contribution in [0.3, 0.4) is 0 Å². The van der Waals surface area contributed by atoms with E-state index in [1.165, 1.54) is 70.6 Å². The van der Waals surface area contributed by atoms with Crippen LogP contribution in [-0.2, 0) is 4.79 Å². The zero-order valence-corrected chi connectivity index (χ0v) is 15.4. The molecule has 0 aliphatic rings. The first kappa shape index (κ1) is 21.2. The summed E-state index contributed by atoms with van der Waals surface area (Å²) in [5.41, 5.74) is 8.60. The largest absolute Gasteiger partial charge is 0.370 e. The third kappa shape index (κ3) is 11.8. The molecule has 0 aliphatic heterocycles. The van der Waals surface area contributed by atoms with E-state index in [1.54, 1.807) is 11.1 Å². The predicted molar refractivity (Wildman–Crippen MR) is 97.9 cm³/mol. The molecule has 2 heteroatoms. The third-order valence-corrected chi connectivity index (χ3v) is 4.59. The molecule has 0 unspecified atom stereocenters. The molecule has 0 radical (unpaired) electrons. The average molecular weight is 310 g/mol. The van der Waals surface area contributed by atoms with Gasteiger partial charge >= 0.3 is 0 Å². The number of amides is 1. The lowest BCUT2D eigenvalue weighted by molar-refractivity contribution is -0.118. The zero-order valence-electron chi connectivity index (χ0n) is 15.4. The first-order chi connectivity index (χ1) is 10.7. The molecule has 2 N–H and O–H groups in total. The molecular formula is C20H39NO. The molecule has 0 atom stereocenters. The number of unbranched alkanes of at least 4 members (excludes halogenated alkanes) is 7. The first-order valence-corrected chi connectivity index (χ1v) is 9.63. The van der Waals surface area contributed by atoms with Crippen LogP contribution in [0.4, 0.5) is 0 Å². The van der Waals surface area contributed by atoms with Crippen LogP contribution in [-0.4, -0.2) is 5.91 Å². The number of carbonyl (C=O) groups excluding carboxylic acids is 1. The molecule has 0 bridgehead atoms. The maximum Gasteiger partial charge on any atom is 0.217 e. The smallest absolute Gasteiger partial charge is 0.217 e. The third-order valence-electron chi connectivity index (χ3n) is 4.59. The van der Waals surface area contributed by atoms with Crippen molar-refractivity contribution in [3.8, 4) is 0 Å². The van der Waals surface area contributed by atoms with Crippen molar-refractivity contribution in [1.82, 2.24) is 0 Å². The Labute approximate surface area is 138 Å². The first-order valence-electron chi connectivity index (χ1n) is 9.63. The highest BCUT2D eigenvalue weighted by Crippen LogP contribution is 2.24. The second-order valence-corrected chi connectivity index (χ2v) is 6.46. The van der Waals surface area contributed by atoms with Gasteiger partial charge in [0, 0.05) is 6.42 Å². The van der Waals surface area contributed by atoms with E-state index in [9.17, 15) is 4.79 Å². The van der Waals surface area contributed by atoms with Crippen LogP contribution in [0.2, 0.25) is 0 Å². The van der Waals surface area contributed by atoms with Crippen molar-refractivity contribution in [3.05, 3.63) is 11.1 Å². The summed E-state index contributed by atoms with van der Waals surface area (Å²) >= 11 is 0. The fraction of sp³-hybridized carbons (Fsp3) is 0.850. The van der Waals surface area contributed by atoms with E-state index in [0.717, 1.165) is 12.8 Å². The summed E-state index contributed by atoms with van der Waals surface area (Å²) in [6.07, 6.45) is 17.0. The minimum atomic E-state index is -0.160. The Morgan fingerprint density at radius 2 is 1.05 bits per heavy atom. The van der Waals surface area contributed by atoms with Crippen LogP contribution in [0.15, 0.2) is 11.1 Å². The highest BCUT2D eigenvalue weighted by atomic mass is 16.1. The Kier molecular flexibility index (Phi) is 14.6. The van der Waals surface area contributed by atoms with Crippen LogP contribution in [0.25, 0.3) is 0 Å². The standard InChI is InChI=1S/C20H39NO/c1-4-7-8-12-15-18(5-2)19(6-3)16-13-10-9-11-14-17-20(21)22/h4-17H2,1-3H3,(H2,21,22)/b19-18-. The monoisotopic (exact) mass is 309 g/mol. The summed E-state index contributed by atoms with van der Waals surface area (Å²) in [5, 5.41) is 0. The predicted octanol–water partition coefficient (Wildman–Crippen LogP) is 6.29. The van der Waals surface area contributed by atoms with Crippen molar-refractivity contribution in [1.29, 1.82) is 0 Å². The Hall–Kier alpha value is -0.790. The van der Waals surface area contributed by atoms with Crippen molar-refractivity contribution in [2.24, 2.45) is 5.73 Å². The van der Waals surface area contributed by atoms with Crippen LogP contribution in [0, 0.1) is 0 Å². The van der Waals surface area contributed by atoms with E-state index < -0.39 is 0 Å². The normalized spacial score (nSPS) is 12.3. The Morgan fingerprint density at radius 3 is 1.45 bits per heavy atom. The summed E-state index contributed by atoms with van der Waals surface area (Å²) in [6.45, 7) is 6.90. The van der Waals surface area contributed by atoms with Gasteiger partial charge in [-0.25, -0.2) is 0 Å². The molecule has 0 heterocycles. The minimum Gasteiger partial charge on any atom is -0.370 e. The summed E-state index contributed by atoms with van der Waals surface area (Å²) in [7, 11) is 0. The fourth-order valence-electron chi connectivity index (χ4n) is 3.14. The summed E-state index contributed by atoms with van der Waals surface area (Å²) in [6, 6.07) is 0. The molecule has 130 valence electrons. The fourth-order valence-corrected chi connectivity index (χ4v) is 3.14. The van der Waals surface area contributed by atoms with Gasteiger partial charge in [-0.1, -0.05) is 70.4 Å². The number of carbonyl (C=O) groups is 1. The highest BCUT2D eigenvalue weighted by molar-refractivity contribution is 5.73. The SMILES string of the molecule is CCCCCC/C(CC)=C(/CC)CCCCCCCC(N)=O. The molecule has 0 aliphatic carbocycles. The van der Waals surface area contributed by atoms with Crippen molar-refractivity contribution >= 4 is 5.91 Å². The molecule has 0 saturated heterocycles. The highest BCUT2D eigenvalue weighted by Gasteiger charge is 2.04. The topological polar surface area (TPSA) is 43.1 Å². The van der Waals surface area contributed by atoms with Gasteiger partial charge < -0.3 is 5.73 Å². The van der Waals surface area contributed by atoms with E-state index in [2.05, 4.69) is 20.8 Å². The number of allylic oxidation sites excluding steroid dienone is 2. The van der Waals surface area contributed by atoms with E-state index >= 15 is 0 Å². The van der Waals surface area contributed by atoms with Gasteiger partial charge in [0.2, 0.25) is 5.91 Å². The molecule has 0 aromatic carbocycles. The van der Waals surface area contributed by atoms with E-state index in [1.807, 2.05) is 0 Å². The van der Waals surface area contributed by atoms with Crippen LogP contribution in [0.1, 0.15) is 111 Å². The number of primary amides is 1. The number of hydrogen-bond acceptors (Lipinski definition) is 1. The molecule has 0 spiro atoms. The lowest BCUT2D eigenvalue weighted by atomic mass is 9.93. The number of nitrogens with two attached hydrogens (primary N) is 1. The maximum atomic E-state index is 10.7. The van der Waals surface area contributed by atoms with E-state index in [4.69, 9.17) is 5.73 Å². The van der Waals surface area contributed by atoms with Gasteiger partial charge in [0.15, 0.2) is 0 Å². The van der Waals surface area contributed by atoms with Crippen molar-refractivity contribution in [2.45, 2.75) is 111 Å². The van der Waals surface area contributed by atoms with Gasteiger partial charge in [0.05, 0.1) is 0 Å². The molecule has 0 aromatic rings. The lowest BCUT2D eigenvalue weighted by Crippen LogP contribution is -2.09. The summed E-state index contributed by atoms with van der Waals surface area (Å²) in [4.78, 5) is 10.7. The minimum absolute atomic E-state index is 0.160. The summed E-state index contributed by atoms with van der Waals surface area (Å²) < 4.78 is 0. The molecule has 2 nitrogen and oxygen atoms in total. The van der Waals surface area contributed by atoms with Gasteiger partial charge in [-0.3, -0.25) is 4.79 Å². The quantitative estimate of drug-likeness (QED) is 0.280. The van der Waals surface area contributed by atoms with Gasteiger partial charge in [0.25, 0.3) is 0 Å². The van der Waals surface area contributed by atoms with Crippen LogP contribution >= 0.6 is 0 Å². The molecular weight excluding hydrogens is 270 g/mol. The second-order valence-electron chi connectivity index (χ2n) is 6.46. The maximum absolute atomic E-state index is 10.7. The van der Waals surface area contributed by atoms with Gasteiger partial charge in [-0.15, -0.1) is 0 Å². The van der Waals surface area contributed by atoms with Crippen LogP contribution in [0.5, 0.6) is 0 Å². The van der Waals surface area contributed by atoms with Crippen molar-refractivity contribution in [2.75, 3.05) is 0 Å². The van der Waals surface area contributed by atoms with E-state index in [0.29, 0.717) is 6.42 Å². The lowest BCUT2D eigenvalue weighted by Gasteiger charge is -2.13. The number of rotatable bonds is 15. The second kappa shape index (κ2) is 15.1. The molecule has 0 saturated carbocycles. The zero-order chi connectivity index (χ0) is 16.6. The van der Waals surface area contributed by atoms with Crippen molar-refractivity contribution in [3.63, 3.8) is 0 Å². The van der Waals surface area contributed by atoms with Gasteiger partial charge in [-0.2, -0.15) is 0 Å². The Bertz CT molecular complexity index is 307. The Balaban J connectivity index is 3.93. The van der Waals surface area contributed by atoms with Crippen molar-refractivity contribution < 1.29 is 4.79 Å². The molecule has 0 aromatic heterocycles. The molecule has 0 fully saturated rings. The number of hydrogen-bond donors (Lipinski definition) is 1. The Morgan fingerprint density at radius 1 is 0.636 bits per heavy atom. The molecule has 0 rings (SSSR count). The van der Waals surface area contributed by atoms with E-state index in [-0.39, 0.29) is 5.91 Å². The van der Waals surface area contributed by atoms with Crippen LogP contribution < -0.4 is 5.73 Å². The average Bonchev–Trinajstić information content (AvgIpc) is 2.51. The van der Waals surface area contributed by atoms with Gasteiger partial charge in [-0.05, 0) is 44.9 Å². The van der Waals surface area contributed by atoms with Gasteiger partial charge in [0.1, 0.15) is 0 Å². The molecule has 1 amide bonds. The summed E-state index contributed by atoms with van der Waals surface area (Å²) in [5.74, 6) is -0.160. The molecule has 22 heavy (non-hydrogen) atoms.